The molecule has 0 unspecified atom stereocenters. The number of hydrogen-bond acceptors (Lipinski definition) is 4. The maximum absolute atomic E-state index is 13.3. The van der Waals surface area contributed by atoms with Crippen molar-refractivity contribution in [3.63, 3.8) is 0 Å². The molecule has 0 aliphatic carbocycles. The van der Waals surface area contributed by atoms with Gasteiger partial charge in [-0.25, -0.2) is 5.06 Å². The Labute approximate surface area is 204 Å². The van der Waals surface area contributed by atoms with Crippen LogP contribution >= 0.6 is 0 Å². The molecular formula is C25H26F6N2O3. The number of rotatable bonds is 6. The van der Waals surface area contributed by atoms with E-state index in [1.807, 2.05) is 30.3 Å². The second-order valence-corrected chi connectivity index (χ2v) is 9.21. The van der Waals surface area contributed by atoms with Crippen LogP contribution < -0.4 is 5.32 Å². The molecule has 2 aliphatic heterocycles. The molecule has 2 saturated heterocycles. The first kappa shape index (κ1) is 26.4. The lowest BCUT2D eigenvalue weighted by atomic mass is 9.80. The molecule has 1 amide bonds. The zero-order valence-electron chi connectivity index (χ0n) is 19.6. The maximum Gasteiger partial charge on any atom is 0.416 e. The standard InChI is InChI=1S/C25H26F6N2O3/c1-33(35-2)22(34)19-13-23(16-6-4-3-5-7-16)21(9-8-20(19)32-23)36-14-15-10-17(24(26,27)28)12-18(11-15)25(29,30)31/h3-7,10-12,19-21,32H,8-9,13-14H2,1-2H3/t19-,20+,21-,23-/m1/s1. The van der Waals surface area contributed by atoms with Crippen LogP contribution in [0.2, 0.25) is 0 Å². The summed E-state index contributed by atoms with van der Waals surface area (Å²) in [6.45, 7) is -0.449. The average molecular weight is 516 g/mol. The summed E-state index contributed by atoms with van der Waals surface area (Å²) in [5.41, 5.74) is -3.01. The third kappa shape index (κ3) is 5.09. The van der Waals surface area contributed by atoms with Crippen molar-refractivity contribution in [1.82, 2.24) is 10.4 Å². The van der Waals surface area contributed by atoms with Crippen LogP contribution in [0.25, 0.3) is 0 Å². The number of carbonyl (C=O) groups excluding carboxylic acids is 1. The second kappa shape index (κ2) is 9.68. The summed E-state index contributed by atoms with van der Waals surface area (Å²) < 4.78 is 85.8. The van der Waals surface area contributed by atoms with Crippen LogP contribution in [0.1, 0.15) is 41.5 Å². The molecule has 196 valence electrons. The molecule has 2 heterocycles. The van der Waals surface area contributed by atoms with Crippen molar-refractivity contribution in [2.24, 2.45) is 5.92 Å². The quantitative estimate of drug-likeness (QED) is 0.419. The molecule has 0 saturated carbocycles. The summed E-state index contributed by atoms with van der Waals surface area (Å²) in [6, 6.07) is 10.5. The van der Waals surface area contributed by atoms with E-state index in [4.69, 9.17) is 9.57 Å². The Morgan fingerprint density at radius 2 is 1.64 bits per heavy atom. The van der Waals surface area contributed by atoms with Gasteiger partial charge < -0.3 is 10.1 Å². The predicted octanol–water partition coefficient (Wildman–Crippen LogP) is 5.30. The number of piperidine rings is 1. The van der Waals surface area contributed by atoms with Crippen molar-refractivity contribution in [2.75, 3.05) is 14.2 Å². The van der Waals surface area contributed by atoms with Gasteiger partial charge in [-0.05, 0) is 48.6 Å². The Morgan fingerprint density at radius 3 is 2.19 bits per heavy atom. The van der Waals surface area contributed by atoms with E-state index >= 15 is 0 Å². The number of halogens is 6. The highest BCUT2D eigenvalue weighted by Crippen LogP contribution is 2.48. The normalized spacial score (nSPS) is 26.2. The van der Waals surface area contributed by atoms with Gasteiger partial charge in [0.15, 0.2) is 0 Å². The molecule has 0 radical (unpaired) electrons. The van der Waals surface area contributed by atoms with Crippen LogP contribution in [-0.4, -0.2) is 37.3 Å². The second-order valence-electron chi connectivity index (χ2n) is 9.21. The van der Waals surface area contributed by atoms with E-state index in [0.29, 0.717) is 31.4 Å². The van der Waals surface area contributed by atoms with Crippen molar-refractivity contribution in [2.45, 2.75) is 55.9 Å². The van der Waals surface area contributed by atoms with Crippen molar-refractivity contribution < 1.29 is 40.7 Å². The highest BCUT2D eigenvalue weighted by atomic mass is 19.4. The summed E-state index contributed by atoms with van der Waals surface area (Å²) in [7, 11) is 2.90. The first-order chi connectivity index (χ1) is 16.8. The highest BCUT2D eigenvalue weighted by Gasteiger charge is 2.56. The van der Waals surface area contributed by atoms with E-state index in [9.17, 15) is 31.1 Å². The van der Waals surface area contributed by atoms with Crippen molar-refractivity contribution in [3.8, 4) is 0 Å². The molecule has 2 bridgehead atoms. The lowest BCUT2D eigenvalue weighted by Gasteiger charge is -2.42. The van der Waals surface area contributed by atoms with Gasteiger partial charge in [0.05, 0.1) is 42.4 Å². The minimum absolute atomic E-state index is 0.0984. The predicted molar refractivity (Wildman–Crippen MR) is 117 cm³/mol. The Bertz CT molecular complexity index is 1060. The molecule has 0 aromatic heterocycles. The number of hydroxylamine groups is 2. The molecular weight excluding hydrogens is 490 g/mol. The Kier molecular flexibility index (Phi) is 7.11. The van der Waals surface area contributed by atoms with E-state index in [1.165, 1.54) is 14.2 Å². The van der Waals surface area contributed by atoms with Gasteiger partial charge in [-0.1, -0.05) is 30.3 Å². The van der Waals surface area contributed by atoms with Gasteiger partial charge in [-0.2, -0.15) is 26.3 Å². The van der Waals surface area contributed by atoms with E-state index in [-0.39, 0.29) is 23.6 Å². The molecule has 1 N–H and O–H groups in total. The number of amides is 1. The number of alkyl halides is 6. The minimum Gasteiger partial charge on any atom is -0.371 e. The zero-order chi connectivity index (χ0) is 26.3. The summed E-state index contributed by atoms with van der Waals surface area (Å²) in [6.07, 6.45) is -9.11. The van der Waals surface area contributed by atoms with Crippen LogP contribution in [0.15, 0.2) is 48.5 Å². The van der Waals surface area contributed by atoms with Gasteiger partial charge in [0, 0.05) is 13.1 Å². The topological polar surface area (TPSA) is 50.8 Å². The van der Waals surface area contributed by atoms with E-state index in [0.717, 1.165) is 10.6 Å². The van der Waals surface area contributed by atoms with Crippen molar-refractivity contribution >= 4 is 5.91 Å². The molecule has 4 atom stereocenters. The highest BCUT2D eigenvalue weighted by molar-refractivity contribution is 5.79. The maximum atomic E-state index is 13.3. The number of nitrogens with zero attached hydrogens (tertiary/aromatic N) is 1. The molecule has 2 aromatic rings. The first-order valence-electron chi connectivity index (χ1n) is 11.4. The number of fused-ring (bicyclic) bond motifs is 2. The van der Waals surface area contributed by atoms with Crippen LogP contribution in [0.5, 0.6) is 0 Å². The summed E-state index contributed by atoms with van der Waals surface area (Å²) in [5, 5.41) is 4.66. The van der Waals surface area contributed by atoms with E-state index in [1.54, 1.807) is 0 Å². The summed E-state index contributed by atoms with van der Waals surface area (Å²) >= 11 is 0. The minimum atomic E-state index is -4.94. The molecule has 4 rings (SSSR count). The molecule has 2 aromatic carbocycles. The number of nitrogens with one attached hydrogen (secondary N) is 1. The Hall–Kier alpha value is -2.63. The van der Waals surface area contributed by atoms with Gasteiger partial charge in [0.25, 0.3) is 5.91 Å². The van der Waals surface area contributed by atoms with Crippen LogP contribution in [0.4, 0.5) is 26.3 Å². The average Bonchev–Trinajstić information content (AvgIpc) is 3.16. The van der Waals surface area contributed by atoms with Crippen LogP contribution in [0.3, 0.4) is 0 Å². The van der Waals surface area contributed by atoms with Gasteiger partial charge in [0.2, 0.25) is 0 Å². The Balaban J connectivity index is 1.64. The fourth-order valence-corrected chi connectivity index (χ4v) is 5.29. The third-order valence-electron chi connectivity index (χ3n) is 7.05. The largest absolute Gasteiger partial charge is 0.416 e. The lowest BCUT2D eigenvalue weighted by molar-refractivity contribution is -0.173. The van der Waals surface area contributed by atoms with Gasteiger partial charge in [0.1, 0.15) is 0 Å². The number of carbonyl (C=O) groups is 1. The van der Waals surface area contributed by atoms with Crippen LogP contribution in [-0.2, 0) is 38.9 Å². The smallest absolute Gasteiger partial charge is 0.371 e. The van der Waals surface area contributed by atoms with Crippen molar-refractivity contribution in [3.05, 3.63) is 70.8 Å². The first-order valence-corrected chi connectivity index (χ1v) is 11.4. The molecule has 0 spiro atoms. The van der Waals surface area contributed by atoms with E-state index < -0.39 is 47.6 Å². The fourth-order valence-electron chi connectivity index (χ4n) is 5.29. The zero-order valence-corrected chi connectivity index (χ0v) is 19.6. The third-order valence-corrected chi connectivity index (χ3v) is 7.05. The number of benzene rings is 2. The number of hydrogen-bond donors (Lipinski definition) is 1. The van der Waals surface area contributed by atoms with E-state index in [2.05, 4.69) is 5.32 Å². The molecule has 2 fully saturated rings. The molecule has 5 nitrogen and oxygen atoms in total. The van der Waals surface area contributed by atoms with Gasteiger partial charge in [-0.3, -0.25) is 9.63 Å². The SMILES string of the molecule is CON(C)C(=O)[C@@H]1C[C@]2(c3ccccc3)N[C@H]1CC[C@H]2OCc1cc(C(F)(F)F)cc(C(F)(F)F)c1. The summed E-state index contributed by atoms with van der Waals surface area (Å²) in [4.78, 5) is 18.0. The van der Waals surface area contributed by atoms with Gasteiger partial charge in [-0.15, -0.1) is 0 Å². The van der Waals surface area contributed by atoms with Crippen LogP contribution in [0, 0.1) is 5.92 Å². The number of ether oxygens (including phenoxy) is 1. The molecule has 11 heteroatoms. The van der Waals surface area contributed by atoms with Crippen molar-refractivity contribution in [1.29, 1.82) is 0 Å². The Morgan fingerprint density at radius 1 is 1.03 bits per heavy atom. The molecule has 36 heavy (non-hydrogen) atoms. The molecule has 2 aliphatic rings. The lowest BCUT2D eigenvalue weighted by Crippen LogP contribution is -2.54. The fraction of sp³-hybridized carbons (Fsp3) is 0.480. The summed E-state index contributed by atoms with van der Waals surface area (Å²) in [5.74, 6) is -0.657. The van der Waals surface area contributed by atoms with Gasteiger partial charge >= 0.3 is 12.4 Å². The monoisotopic (exact) mass is 516 g/mol.